The van der Waals surface area contributed by atoms with Crippen molar-refractivity contribution in [2.24, 2.45) is 0 Å². The maximum Gasteiger partial charge on any atom is 0.455 e. The summed E-state index contributed by atoms with van der Waals surface area (Å²) >= 11 is 0. The fourth-order valence-electron chi connectivity index (χ4n) is 3.33. The largest absolute Gasteiger partial charge is 0.455 e. The Labute approximate surface area is 160 Å². The van der Waals surface area contributed by atoms with E-state index >= 15 is 0 Å². The number of alkyl halides is 5. The van der Waals surface area contributed by atoms with Crippen molar-refractivity contribution in [1.82, 2.24) is 24.5 Å². The molecule has 1 aliphatic carbocycles. The average Bonchev–Trinajstić information content (AvgIpc) is 3.31. The molecule has 3 heterocycles. The summed E-state index contributed by atoms with van der Waals surface area (Å²) < 4.78 is 66.3. The zero-order valence-electron chi connectivity index (χ0n) is 14.9. The number of hydrogen-bond acceptors (Lipinski definition) is 3. The van der Waals surface area contributed by atoms with Gasteiger partial charge in [0.05, 0.1) is 23.4 Å². The number of fused-ring (bicyclic) bond motifs is 2. The van der Waals surface area contributed by atoms with Crippen LogP contribution in [0.4, 0.5) is 22.0 Å². The Morgan fingerprint density at radius 3 is 2.52 bits per heavy atom. The second-order valence-electron chi connectivity index (χ2n) is 7.27. The van der Waals surface area contributed by atoms with Crippen molar-refractivity contribution >= 4 is 21.8 Å². The number of rotatable bonds is 4. The fraction of sp³-hybridized carbons (Fsp3) is 0.316. The third kappa shape index (κ3) is 3.12. The number of halogens is 5. The van der Waals surface area contributed by atoms with Crippen LogP contribution in [0.3, 0.4) is 0 Å². The highest BCUT2D eigenvalue weighted by atomic mass is 19.4. The van der Waals surface area contributed by atoms with Crippen LogP contribution >= 0.6 is 0 Å². The van der Waals surface area contributed by atoms with Crippen LogP contribution in [0.15, 0.2) is 42.9 Å². The lowest BCUT2D eigenvalue weighted by Gasteiger charge is -2.19. The molecule has 3 aromatic heterocycles. The third-order valence-electron chi connectivity index (χ3n) is 5.09. The van der Waals surface area contributed by atoms with Gasteiger partial charge in [0.2, 0.25) is 0 Å². The Kier molecular flexibility index (Phi) is 3.71. The summed E-state index contributed by atoms with van der Waals surface area (Å²) in [6, 6.07) is 7.64. The van der Waals surface area contributed by atoms with E-state index in [1.165, 1.54) is 30.8 Å². The molecule has 150 valence electrons. The zero-order valence-corrected chi connectivity index (χ0v) is 14.9. The maximum atomic E-state index is 13.4. The zero-order chi connectivity index (χ0) is 20.4. The maximum absolute atomic E-state index is 13.4. The van der Waals surface area contributed by atoms with Crippen molar-refractivity contribution in [3.63, 3.8) is 0 Å². The molecule has 0 aliphatic heterocycles. The van der Waals surface area contributed by atoms with Gasteiger partial charge in [0.15, 0.2) is 5.82 Å². The van der Waals surface area contributed by atoms with Gasteiger partial charge in [-0.2, -0.15) is 32.1 Å². The molecule has 0 atom stereocenters. The molecule has 29 heavy (non-hydrogen) atoms. The molecule has 0 N–H and O–H groups in total. The standard InChI is InChI=1S/C19H14F5N5/c20-18(21,19(22,23)24)10-29-16-8-25-17(6-13(16)7-26-29)28-9-14-5-12(11-1-2-11)3-4-15(14)27-28/h3-9,11H,1-2,10H2. The van der Waals surface area contributed by atoms with Crippen molar-refractivity contribution in [3.05, 3.63) is 48.4 Å². The Morgan fingerprint density at radius 2 is 1.79 bits per heavy atom. The molecule has 0 amide bonds. The summed E-state index contributed by atoms with van der Waals surface area (Å²) in [5.41, 5.74) is 2.15. The normalized spacial score (nSPS) is 15.5. The van der Waals surface area contributed by atoms with E-state index in [1.54, 1.807) is 10.7 Å². The Balaban J connectivity index is 1.48. The van der Waals surface area contributed by atoms with Crippen LogP contribution < -0.4 is 0 Å². The molecule has 10 heteroatoms. The highest BCUT2D eigenvalue weighted by Crippen LogP contribution is 2.41. The predicted octanol–water partition coefficient (Wildman–Crippen LogP) is 4.85. The van der Waals surface area contributed by atoms with Crippen LogP contribution in [0.1, 0.15) is 24.3 Å². The SMILES string of the molecule is FC(F)(F)C(F)(F)Cn1ncc2cc(-n3cc4cc(C5CC5)ccc4n3)ncc21. The number of nitrogens with zero attached hydrogens (tertiary/aromatic N) is 5. The molecule has 0 saturated heterocycles. The number of hydrogen-bond donors (Lipinski definition) is 0. The Morgan fingerprint density at radius 1 is 1.00 bits per heavy atom. The molecule has 5 nitrogen and oxygen atoms in total. The van der Waals surface area contributed by atoms with E-state index in [1.807, 2.05) is 12.3 Å². The van der Waals surface area contributed by atoms with Crippen molar-refractivity contribution in [3.8, 4) is 5.82 Å². The van der Waals surface area contributed by atoms with Crippen LogP contribution in [0, 0.1) is 0 Å². The average molecular weight is 407 g/mol. The molecule has 5 rings (SSSR count). The first-order valence-electron chi connectivity index (χ1n) is 8.97. The van der Waals surface area contributed by atoms with Gasteiger partial charge in [0.1, 0.15) is 6.54 Å². The van der Waals surface area contributed by atoms with Crippen molar-refractivity contribution < 1.29 is 22.0 Å². The minimum atomic E-state index is -5.65. The summed E-state index contributed by atoms with van der Waals surface area (Å²) in [4.78, 5) is 4.18. The second kappa shape index (κ2) is 5.98. The van der Waals surface area contributed by atoms with E-state index in [0.29, 0.717) is 21.8 Å². The number of benzene rings is 1. The lowest BCUT2D eigenvalue weighted by Crippen LogP contribution is -2.40. The van der Waals surface area contributed by atoms with Crippen LogP contribution in [0.25, 0.3) is 27.6 Å². The van der Waals surface area contributed by atoms with Gasteiger partial charge in [-0.1, -0.05) is 6.07 Å². The molecule has 0 unspecified atom stereocenters. The number of pyridine rings is 1. The topological polar surface area (TPSA) is 48.5 Å². The molecule has 1 saturated carbocycles. The van der Waals surface area contributed by atoms with Crippen LogP contribution in [-0.4, -0.2) is 36.6 Å². The van der Waals surface area contributed by atoms with Gasteiger partial charge >= 0.3 is 12.1 Å². The second-order valence-corrected chi connectivity index (χ2v) is 7.27. The van der Waals surface area contributed by atoms with E-state index in [0.717, 1.165) is 10.9 Å². The van der Waals surface area contributed by atoms with E-state index in [9.17, 15) is 22.0 Å². The van der Waals surface area contributed by atoms with Crippen molar-refractivity contribution in [2.45, 2.75) is 37.4 Å². The van der Waals surface area contributed by atoms with Gasteiger partial charge in [-0.3, -0.25) is 4.68 Å². The van der Waals surface area contributed by atoms with Crippen molar-refractivity contribution in [2.75, 3.05) is 0 Å². The Bertz CT molecular complexity index is 1220. The fourth-order valence-corrected chi connectivity index (χ4v) is 3.33. The molecule has 0 bridgehead atoms. The lowest BCUT2D eigenvalue weighted by atomic mass is 10.1. The minimum Gasteiger partial charge on any atom is -0.257 e. The minimum absolute atomic E-state index is 0.0883. The van der Waals surface area contributed by atoms with Gasteiger partial charge < -0.3 is 0 Å². The van der Waals surface area contributed by atoms with Gasteiger partial charge in [0.25, 0.3) is 0 Å². The highest BCUT2D eigenvalue weighted by Gasteiger charge is 2.57. The van der Waals surface area contributed by atoms with Gasteiger partial charge in [-0.05, 0) is 42.5 Å². The number of aromatic nitrogens is 5. The molecule has 0 radical (unpaired) electrons. The van der Waals surface area contributed by atoms with E-state index in [2.05, 4.69) is 27.3 Å². The monoisotopic (exact) mass is 407 g/mol. The summed E-state index contributed by atoms with van der Waals surface area (Å²) in [5, 5.41) is 9.49. The highest BCUT2D eigenvalue weighted by molar-refractivity contribution is 5.81. The molecule has 1 aliphatic rings. The van der Waals surface area contributed by atoms with Crippen LogP contribution in [0.5, 0.6) is 0 Å². The molecule has 1 fully saturated rings. The molecule has 4 aromatic rings. The third-order valence-corrected chi connectivity index (χ3v) is 5.09. The first kappa shape index (κ1) is 18.0. The van der Waals surface area contributed by atoms with E-state index in [-0.39, 0.29) is 5.52 Å². The first-order chi connectivity index (χ1) is 13.7. The van der Waals surface area contributed by atoms with Gasteiger partial charge in [-0.25, -0.2) is 9.67 Å². The lowest BCUT2D eigenvalue weighted by molar-refractivity contribution is -0.287. The summed E-state index contributed by atoms with van der Waals surface area (Å²) in [5.74, 6) is -3.86. The quantitative estimate of drug-likeness (QED) is 0.455. The summed E-state index contributed by atoms with van der Waals surface area (Å²) in [7, 11) is 0. The summed E-state index contributed by atoms with van der Waals surface area (Å²) in [6.45, 7) is -1.60. The predicted molar refractivity (Wildman–Crippen MR) is 95.1 cm³/mol. The van der Waals surface area contributed by atoms with Gasteiger partial charge in [0, 0.05) is 17.0 Å². The van der Waals surface area contributed by atoms with Gasteiger partial charge in [-0.15, -0.1) is 0 Å². The molecular weight excluding hydrogens is 393 g/mol. The van der Waals surface area contributed by atoms with Crippen LogP contribution in [-0.2, 0) is 6.54 Å². The first-order valence-corrected chi connectivity index (χ1v) is 8.97. The van der Waals surface area contributed by atoms with E-state index in [4.69, 9.17) is 0 Å². The van der Waals surface area contributed by atoms with Crippen LogP contribution in [0.2, 0.25) is 0 Å². The summed E-state index contributed by atoms with van der Waals surface area (Å²) in [6.07, 6.45) is 1.02. The molecular formula is C19H14F5N5. The van der Waals surface area contributed by atoms with E-state index < -0.39 is 18.6 Å². The Hall–Kier alpha value is -3.04. The molecule has 1 aromatic carbocycles. The smallest absolute Gasteiger partial charge is 0.257 e. The molecule has 0 spiro atoms. The van der Waals surface area contributed by atoms with Crippen molar-refractivity contribution in [1.29, 1.82) is 0 Å².